The van der Waals surface area contributed by atoms with Gasteiger partial charge in [-0.05, 0) is 13.8 Å². The summed E-state index contributed by atoms with van der Waals surface area (Å²) in [5, 5.41) is 1.87. The standard InChI is InChI=1S/C23H22NO2PS/c1-3-26-23(25)22(19-16-14-18(2)15-17-19)24-27(28,20-10-6-4-7-11-20)21-12-8-5-9-13-21/h4-17H,3H2,1-2H3/b24-22+. The molecule has 0 unspecified atom stereocenters. The fourth-order valence-corrected chi connectivity index (χ4v) is 5.93. The Balaban J connectivity index is 2.24. The molecule has 0 aliphatic carbocycles. The number of hydrogen-bond acceptors (Lipinski definition) is 3. The lowest BCUT2D eigenvalue weighted by Gasteiger charge is -2.20. The van der Waals surface area contributed by atoms with Crippen molar-refractivity contribution in [2.45, 2.75) is 13.8 Å². The molecule has 3 aromatic rings. The molecule has 0 heterocycles. The minimum absolute atomic E-state index is 0.276. The van der Waals surface area contributed by atoms with Crippen molar-refractivity contribution in [2.24, 2.45) is 4.76 Å². The largest absolute Gasteiger partial charge is 0.461 e. The Morgan fingerprint density at radius 1 is 0.893 bits per heavy atom. The van der Waals surface area contributed by atoms with Gasteiger partial charge < -0.3 is 4.74 Å². The maximum atomic E-state index is 12.8. The number of ether oxygens (including phenoxy) is 1. The predicted octanol–water partition coefficient (Wildman–Crippen LogP) is 4.39. The molecule has 0 aliphatic heterocycles. The number of aryl methyl sites for hydroxylation is 1. The third kappa shape index (κ3) is 4.46. The highest BCUT2D eigenvalue weighted by atomic mass is 32.4. The topological polar surface area (TPSA) is 38.7 Å². The van der Waals surface area contributed by atoms with Crippen LogP contribution in [0, 0.1) is 6.92 Å². The van der Waals surface area contributed by atoms with E-state index in [-0.39, 0.29) is 12.3 Å². The molecule has 142 valence electrons. The fraction of sp³-hybridized carbons (Fsp3) is 0.130. The van der Waals surface area contributed by atoms with Crippen LogP contribution in [0.3, 0.4) is 0 Å². The highest BCUT2D eigenvalue weighted by Gasteiger charge is 2.26. The van der Waals surface area contributed by atoms with E-state index in [9.17, 15) is 4.79 Å². The van der Waals surface area contributed by atoms with Crippen molar-refractivity contribution < 1.29 is 9.53 Å². The zero-order chi connectivity index (χ0) is 20.0. The minimum atomic E-state index is -2.61. The number of carbonyl (C=O) groups excluding carboxylic acids is 1. The van der Waals surface area contributed by atoms with E-state index < -0.39 is 12.2 Å². The van der Waals surface area contributed by atoms with E-state index in [1.807, 2.05) is 91.9 Å². The molecule has 0 amide bonds. The first-order chi connectivity index (χ1) is 13.5. The maximum absolute atomic E-state index is 12.8. The summed E-state index contributed by atoms with van der Waals surface area (Å²) in [7, 11) is 0. The zero-order valence-electron chi connectivity index (χ0n) is 15.9. The second kappa shape index (κ2) is 9.09. The third-order valence-electron chi connectivity index (χ3n) is 4.25. The van der Waals surface area contributed by atoms with E-state index in [2.05, 4.69) is 0 Å². The number of rotatable bonds is 6. The molecule has 0 saturated heterocycles. The lowest BCUT2D eigenvalue weighted by Crippen LogP contribution is -2.22. The quantitative estimate of drug-likeness (QED) is 0.346. The Morgan fingerprint density at radius 2 is 1.39 bits per heavy atom. The Hall–Kier alpha value is -2.55. The van der Waals surface area contributed by atoms with Crippen LogP contribution < -0.4 is 10.6 Å². The lowest BCUT2D eigenvalue weighted by molar-refractivity contribution is -0.134. The van der Waals surface area contributed by atoms with Gasteiger partial charge in [-0.3, -0.25) is 0 Å². The van der Waals surface area contributed by atoms with E-state index in [1.165, 1.54) is 0 Å². The van der Waals surface area contributed by atoms with Gasteiger partial charge in [-0.2, -0.15) is 0 Å². The fourth-order valence-electron chi connectivity index (χ4n) is 2.79. The summed E-state index contributed by atoms with van der Waals surface area (Å²) in [6.45, 7) is 4.07. The first-order valence-electron chi connectivity index (χ1n) is 9.10. The molecule has 3 nitrogen and oxygen atoms in total. The van der Waals surface area contributed by atoms with Gasteiger partial charge in [0, 0.05) is 16.2 Å². The molecule has 0 radical (unpaired) electrons. The van der Waals surface area contributed by atoms with Gasteiger partial charge in [0.25, 0.3) is 0 Å². The Kier molecular flexibility index (Phi) is 6.56. The van der Waals surface area contributed by atoms with Crippen molar-refractivity contribution in [3.8, 4) is 0 Å². The van der Waals surface area contributed by atoms with Crippen LogP contribution >= 0.6 is 6.19 Å². The molecule has 0 aliphatic rings. The Morgan fingerprint density at radius 3 is 1.86 bits per heavy atom. The van der Waals surface area contributed by atoms with Crippen molar-refractivity contribution >= 4 is 40.3 Å². The minimum Gasteiger partial charge on any atom is -0.461 e. The molecular weight excluding hydrogens is 385 g/mol. The molecular formula is C23H22NO2PS. The summed E-state index contributed by atoms with van der Waals surface area (Å²) in [5.74, 6) is -0.451. The Labute approximate surface area is 171 Å². The summed E-state index contributed by atoms with van der Waals surface area (Å²) in [4.78, 5) is 12.8. The highest BCUT2D eigenvalue weighted by Crippen LogP contribution is 2.46. The van der Waals surface area contributed by atoms with E-state index in [0.717, 1.165) is 16.2 Å². The zero-order valence-corrected chi connectivity index (χ0v) is 17.6. The van der Waals surface area contributed by atoms with Crippen molar-refractivity contribution in [1.29, 1.82) is 0 Å². The average Bonchev–Trinajstić information content (AvgIpc) is 2.74. The smallest absolute Gasteiger partial charge is 0.357 e. The molecule has 28 heavy (non-hydrogen) atoms. The van der Waals surface area contributed by atoms with Crippen LogP contribution in [0.5, 0.6) is 0 Å². The SMILES string of the molecule is CCOC(=O)/C(=N/P(=S)(c1ccccc1)c1ccccc1)c1ccc(C)cc1. The van der Waals surface area contributed by atoms with Crippen LogP contribution in [0.25, 0.3) is 0 Å². The van der Waals surface area contributed by atoms with Crippen molar-refractivity contribution in [1.82, 2.24) is 0 Å². The first kappa shape index (κ1) is 20.2. The van der Waals surface area contributed by atoms with E-state index in [0.29, 0.717) is 5.56 Å². The summed E-state index contributed by atoms with van der Waals surface area (Å²) in [6, 6.07) is 27.3. The molecule has 0 bridgehead atoms. The average molecular weight is 407 g/mol. The second-order valence-corrected chi connectivity index (χ2v) is 10.3. The lowest BCUT2D eigenvalue weighted by atomic mass is 10.1. The molecule has 3 aromatic carbocycles. The van der Waals surface area contributed by atoms with Gasteiger partial charge in [-0.25, -0.2) is 9.56 Å². The monoisotopic (exact) mass is 407 g/mol. The van der Waals surface area contributed by atoms with Crippen molar-refractivity contribution in [2.75, 3.05) is 6.61 Å². The first-order valence-corrected chi connectivity index (χ1v) is 11.9. The van der Waals surface area contributed by atoms with Crippen LogP contribution in [0.1, 0.15) is 18.1 Å². The van der Waals surface area contributed by atoms with E-state index in [1.54, 1.807) is 6.92 Å². The van der Waals surface area contributed by atoms with Crippen molar-refractivity contribution in [3.05, 3.63) is 96.1 Å². The number of benzene rings is 3. The van der Waals surface area contributed by atoms with Crippen LogP contribution in [0.2, 0.25) is 0 Å². The van der Waals surface area contributed by atoms with E-state index in [4.69, 9.17) is 21.3 Å². The molecule has 3 rings (SSSR count). The summed E-state index contributed by atoms with van der Waals surface area (Å²) in [6.07, 6.45) is -2.61. The van der Waals surface area contributed by atoms with Crippen LogP contribution in [-0.2, 0) is 21.3 Å². The van der Waals surface area contributed by atoms with Crippen LogP contribution in [-0.4, -0.2) is 18.3 Å². The molecule has 0 saturated carbocycles. The highest BCUT2D eigenvalue weighted by molar-refractivity contribution is 8.21. The van der Waals surface area contributed by atoms with E-state index >= 15 is 0 Å². The number of nitrogens with zero attached hydrogens (tertiary/aromatic N) is 1. The van der Waals surface area contributed by atoms with Crippen LogP contribution in [0.15, 0.2) is 89.7 Å². The van der Waals surface area contributed by atoms with Gasteiger partial charge in [0.05, 0.1) is 6.61 Å². The molecule has 0 spiro atoms. The van der Waals surface area contributed by atoms with Gasteiger partial charge >= 0.3 is 5.97 Å². The number of hydrogen-bond donors (Lipinski definition) is 0. The molecule has 0 atom stereocenters. The predicted molar refractivity (Wildman–Crippen MR) is 121 cm³/mol. The summed E-state index contributed by atoms with van der Waals surface area (Å²) in [5.41, 5.74) is 2.10. The molecule has 0 aromatic heterocycles. The summed E-state index contributed by atoms with van der Waals surface area (Å²) >= 11 is 6.16. The van der Waals surface area contributed by atoms with Crippen molar-refractivity contribution in [3.63, 3.8) is 0 Å². The normalized spacial score (nSPS) is 11.9. The molecule has 5 heteroatoms. The van der Waals surface area contributed by atoms with Gasteiger partial charge in [0.1, 0.15) is 6.19 Å². The molecule has 0 fully saturated rings. The third-order valence-corrected chi connectivity index (χ3v) is 8.23. The van der Waals surface area contributed by atoms with Crippen LogP contribution in [0.4, 0.5) is 0 Å². The van der Waals surface area contributed by atoms with Gasteiger partial charge in [-0.1, -0.05) is 102 Å². The molecule has 0 N–H and O–H groups in total. The number of esters is 1. The second-order valence-electron chi connectivity index (χ2n) is 6.28. The maximum Gasteiger partial charge on any atom is 0.357 e. The van der Waals surface area contributed by atoms with Gasteiger partial charge in [0.2, 0.25) is 0 Å². The van der Waals surface area contributed by atoms with Gasteiger partial charge in [-0.15, -0.1) is 0 Å². The number of carbonyl (C=O) groups is 1. The van der Waals surface area contributed by atoms with Gasteiger partial charge in [0.15, 0.2) is 5.71 Å². The summed E-state index contributed by atoms with van der Waals surface area (Å²) < 4.78 is 10.2. The Bertz CT molecular complexity index is 972.